The summed E-state index contributed by atoms with van der Waals surface area (Å²) in [5, 5.41) is 33.3. The minimum absolute atomic E-state index is 0.0125. The number of aliphatic carboxylic acids is 1. The first-order valence-electron chi connectivity index (χ1n) is 25.5. The molecule has 1 unspecified atom stereocenters. The number of hydrogen-bond acceptors (Lipinski definition) is 8. The Morgan fingerprint density at radius 3 is 1.45 bits per heavy atom. The summed E-state index contributed by atoms with van der Waals surface area (Å²) >= 11 is 0. The van der Waals surface area contributed by atoms with Gasteiger partial charge in [0.05, 0.1) is 41.3 Å². The van der Waals surface area contributed by atoms with Crippen molar-refractivity contribution in [2.75, 3.05) is 32.1 Å². The lowest BCUT2D eigenvalue weighted by atomic mass is 9.98. The van der Waals surface area contributed by atoms with Gasteiger partial charge in [0.2, 0.25) is 0 Å². The summed E-state index contributed by atoms with van der Waals surface area (Å²) < 4.78 is 95.8. The molecule has 6 aromatic carbocycles. The Hall–Kier alpha value is -9.72. The highest BCUT2D eigenvalue weighted by molar-refractivity contribution is 5.98. The second kappa shape index (κ2) is 23.9. The Kier molecular flexibility index (Phi) is 17.1. The van der Waals surface area contributed by atoms with E-state index >= 15 is 0 Å². The van der Waals surface area contributed by atoms with Crippen LogP contribution in [0.2, 0.25) is 0 Å². The Labute approximate surface area is 467 Å². The molecule has 2 aromatic heterocycles. The number of halogens is 6. The van der Waals surface area contributed by atoms with Crippen molar-refractivity contribution in [2.24, 2.45) is 0 Å². The summed E-state index contributed by atoms with van der Waals surface area (Å²) in [7, 11) is 3.54. The van der Waals surface area contributed by atoms with Crippen molar-refractivity contribution >= 4 is 17.7 Å². The predicted molar refractivity (Wildman–Crippen MR) is 299 cm³/mol. The van der Waals surface area contributed by atoms with Crippen molar-refractivity contribution in [1.29, 1.82) is 10.5 Å². The molecule has 13 nitrogen and oxygen atoms in total. The highest BCUT2D eigenvalue weighted by Crippen LogP contribution is 2.38. The number of alkyl halides is 6. The molecule has 8 rings (SSSR count). The average Bonchev–Trinajstić information content (AvgIpc) is 3.02. The van der Waals surface area contributed by atoms with Gasteiger partial charge in [0.15, 0.2) is 0 Å². The van der Waals surface area contributed by atoms with Gasteiger partial charge in [-0.05, 0) is 146 Å². The van der Waals surface area contributed by atoms with Crippen LogP contribution in [0.1, 0.15) is 55.6 Å². The lowest BCUT2D eigenvalue weighted by molar-refractivity contribution is -0.144. The quantitative estimate of drug-likeness (QED) is 0.0705. The molecule has 2 amide bonds. The molecule has 0 aliphatic heterocycles. The maximum absolute atomic E-state index is 14.6. The Balaban J connectivity index is 1.18. The van der Waals surface area contributed by atoms with Gasteiger partial charge < -0.3 is 29.2 Å². The number of carbonyl (C=O) groups is 2. The van der Waals surface area contributed by atoms with Gasteiger partial charge in [-0.2, -0.15) is 36.9 Å². The Bertz CT molecular complexity index is 4000. The average molecular weight is 1120 g/mol. The number of carboxylic acids is 1. The van der Waals surface area contributed by atoms with Gasteiger partial charge in [0.1, 0.15) is 29.0 Å². The molecule has 2 heterocycles. The highest BCUT2D eigenvalue weighted by Gasteiger charge is 2.39. The molecule has 0 saturated carbocycles. The standard InChI is InChI=1S/C63H53F6N7O6/c1-37-19-21-47(39(3)25-37)35-74-55(31-53(62(64,65)66)51(33-70)57(74)77)45-15-7-11-41(27-45)43-13-9-17-49(29-43)76(61(81)72-23-24-73(5)6)59(60(79)80)82-50-18-10-14-44(30-50)42-12-8-16-46(28-42)56-32-54(63(67,68)69)52(34-71)58(78)75(56)36-48-22-20-38(2)26-40(48)4/h7-22,25-32,59H,23-24,35-36H2,1-6H3,(H,72,81)(H,79,80). The van der Waals surface area contributed by atoms with Crippen LogP contribution in [-0.2, 0) is 30.2 Å². The lowest BCUT2D eigenvalue weighted by Gasteiger charge is -2.30. The molecule has 0 spiro atoms. The molecule has 0 saturated heterocycles. The molecule has 0 bridgehead atoms. The molecular formula is C63H53F6N7O6. The first-order chi connectivity index (χ1) is 38.9. The first-order valence-corrected chi connectivity index (χ1v) is 25.5. The highest BCUT2D eigenvalue weighted by atomic mass is 19.4. The zero-order valence-corrected chi connectivity index (χ0v) is 45.2. The van der Waals surface area contributed by atoms with Crippen LogP contribution in [-0.4, -0.2) is 64.6 Å². The molecule has 418 valence electrons. The predicted octanol–water partition coefficient (Wildman–Crippen LogP) is 12.4. The molecular weight excluding hydrogens is 1060 g/mol. The number of hydrogen-bond donors (Lipinski definition) is 2. The van der Waals surface area contributed by atoms with E-state index < -0.39 is 64.0 Å². The van der Waals surface area contributed by atoms with Gasteiger partial charge in [-0.3, -0.25) is 9.59 Å². The number of nitrogens with zero attached hydrogens (tertiary/aromatic N) is 6. The SMILES string of the molecule is Cc1ccc(Cn2c(-c3cccc(-c4cccc(OC(C(=O)O)N(C(=O)NCCN(C)C)c5cccc(-c6cccc(-c7cc(C(F)(F)F)c(C#N)c(=O)n7Cc7ccc(C)cc7C)c6)c5)c4)c3)cc(C(F)(F)F)c(C#N)c2=O)c(C)c1. The van der Waals surface area contributed by atoms with E-state index in [4.69, 9.17) is 4.74 Å². The number of likely N-dealkylation sites (N-methyl/N-ethyl adjacent to an activating group) is 1. The van der Waals surface area contributed by atoms with E-state index in [0.717, 1.165) is 48.4 Å². The molecule has 8 aromatic rings. The number of carboxylic acid groups (broad SMARTS) is 1. The van der Waals surface area contributed by atoms with Crippen molar-refractivity contribution in [3.63, 3.8) is 0 Å². The summed E-state index contributed by atoms with van der Waals surface area (Å²) in [5.74, 6) is -1.66. The summed E-state index contributed by atoms with van der Waals surface area (Å²) in [4.78, 5) is 58.3. The van der Waals surface area contributed by atoms with E-state index in [-0.39, 0.29) is 53.6 Å². The van der Waals surface area contributed by atoms with Crippen LogP contribution in [0.15, 0.2) is 155 Å². The normalized spacial score (nSPS) is 11.9. The van der Waals surface area contributed by atoms with E-state index in [1.54, 1.807) is 99.6 Å². The van der Waals surface area contributed by atoms with Crippen LogP contribution < -0.4 is 26.1 Å². The third-order valence-electron chi connectivity index (χ3n) is 13.8. The minimum Gasteiger partial charge on any atom is -0.477 e. The number of urea groups is 1. The number of rotatable bonds is 16. The molecule has 82 heavy (non-hydrogen) atoms. The Morgan fingerprint density at radius 1 is 0.598 bits per heavy atom. The van der Waals surface area contributed by atoms with E-state index in [1.165, 1.54) is 66.7 Å². The largest absolute Gasteiger partial charge is 0.477 e. The van der Waals surface area contributed by atoms with E-state index in [2.05, 4.69) is 5.32 Å². The van der Waals surface area contributed by atoms with E-state index in [1.807, 2.05) is 26.0 Å². The van der Waals surface area contributed by atoms with Gasteiger partial charge >= 0.3 is 24.4 Å². The number of aromatic nitrogens is 2. The van der Waals surface area contributed by atoms with Gasteiger partial charge in [-0.15, -0.1) is 0 Å². The smallest absolute Gasteiger partial charge is 0.417 e. The van der Waals surface area contributed by atoms with Gasteiger partial charge in [-0.25, -0.2) is 14.5 Å². The zero-order valence-electron chi connectivity index (χ0n) is 45.2. The van der Waals surface area contributed by atoms with Crippen LogP contribution in [0.5, 0.6) is 5.75 Å². The molecule has 0 aliphatic rings. The van der Waals surface area contributed by atoms with Crippen molar-refractivity contribution in [1.82, 2.24) is 19.4 Å². The van der Waals surface area contributed by atoms with Crippen molar-refractivity contribution in [2.45, 2.75) is 59.4 Å². The molecule has 19 heteroatoms. The third kappa shape index (κ3) is 12.8. The molecule has 0 radical (unpaired) electrons. The van der Waals surface area contributed by atoms with E-state index in [0.29, 0.717) is 39.9 Å². The van der Waals surface area contributed by atoms with Gasteiger partial charge in [-0.1, -0.05) is 108 Å². The fourth-order valence-electron chi connectivity index (χ4n) is 9.61. The second-order valence-corrected chi connectivity index (χ2v) is 20.0. The number of carbonyl (C=O) groups excluding carboxylic acids is 1. The van der Waals surface area contributed by atoms with Crippen molar-refractivity contribution < 1.29 is 45.8 Å². The van der Waals surface area contributed by atoms with Gasteiger partial charge in [0, 0.05) is 13.1 Å². The number of pyridine rings is 2. The van der Waals surface area contributed by atoms with Crippen LogP contribution in [0.3, 0.4) is 0 Å². The summed E-state index contributed by atoms with van der Waals surface area (Å²) in [6.07, 6.45) is -12.2. The summed E-state index contributed by atoms with van der Waals surface area (Å²) in [5.41, 5.74) is -0.882. The summed E-state index contributed by atoms with van der Waals surface area (Å²) in [6, 6.07) is 39.1. The molecule has 2 N–H and O–H groups in total. The fourth-order valence-corrected chi connectivity index (χ4v) is 9.61. The number of nitriles is 2. The van der Waals surface area contributed by atoms with Crippen LogP contribution in [0.4, 0.5) is 36.8 Å². The molecule has 1 atom stereocenters. The van der Waals surface area contributed by atoms with Crippen LogP contribution in [0.25, 0.3) is 44.8 Å². The maximum atomic E-state index is 14.6. The second-order valence-electron chi connectivity index (χ2n) is 20.0. The fraction of sp³-hybridized carbons (Fsp3) is 0.206. The topological polar surface area (TPSA) is 174 Å². The van der Waals surface area contributed by atoms with Crippen LogP contribution in [0, 0.1) is 50.4 Å². The lowest BCUT2D eigenvalue weighted by Crippen LogP contribution is -2.53. The van der Waals surface area contributed by atoms with Gasteiger partial charge in [0.25, 0.3) is 17.3 Å². The van der Waals surface area contributed by atoms with Crippen molar-refractivity contribution in [3.05, 3.63) is 222 Å². The number of aryl methyl sites for hydroxylation is 4. The number of benzene rings is 6. The minimum atomic E-state index is -5.06. The summed E-state index contributed by atoms with van der Waals surface area (Å²) in [6.45, 7) is 7.45. The maximum Gasteiger partial charge on any atom is 0.417 e. The number of nitrogens with one attached hydrogen (secondary N) is 1. The van der Waals surface area contributed by atoms with Crippen molar-refractivity contribution in [3.8, 4) is 62.7 Å². The molecule has 0 aliphatic carbocycles. The zero-order chi connectivity index (χ0) is 59.4. The molecule has 0 fully saturated rings. The first kappa shape index (κ1) is 58.4. The third-order valence-corrected chi connectivity index (χ3v) is 13.8. The monoisotopic (exact) mass is 1120 g/mol. The number of ether oxygens (including phenoxy) is 1. The van der Waals surface area contributed by atoms with E-state index in [9.17, 15) is 61.2 Å². The Morgan fingerprint density at radius 2 is 1.02 bits per heavy atom. The van der Waals surface area contributed by atoms with Crippen LogP contribution >= 0.6 is 0 Å². The number of amides is 2. The number of anilines is 1.